The lowest BCUT2D eigenvalue weighted by molar-refractivity contribution is 0.271. The van der Waals surface area contributed by atoms with Crippen molar-refractivity contribution in [2.45, 2.75) is 12.8 Å². The minimum Gasteiger partial charge on any atom is -0.396 e. The molecule has 68 valence electrons. The fourth-order valence-corrected chi connectivity index (χ4v) is 1.46. The van der Waals surface area contributed by atoms with Crippen molar-refractivity contribution in [3.63, 3.8) is 0 Å². The summed E-state index contributed by atoms with van der Waals surface area (Å²) in [6, 6.07) is 10.2. The zero-order chi connectivity index (χ0) is 9.26. The number of fused-ring (bicyclic) bond motifs is 1. The first kappa shape index (κ1) is 8.32. The fourth-order valence-electron chi connectivity index (χ4n) is 1.46. The molecule has 2 rings (SSSR count). The number of nitrogens with one attached hydrogen (secondary N) is 1. The number of aromatic amines is 1. The lowest BCUT2D eigenvalue weighted by Crippen LogP contribution is -1.98. The molecule has 2 aromatic rings. The molecule has 1 heterocycles. The molecular formula is C11H13NO. The van der Waals surface area contributed by atoms with Gasteiger partial charge in [-0.2, -0.15) is 0 Å². The standard InChI is InChI=1S/C11H13NO/c1-8(7-13)11-6-9-4-2-3-5-10(9)12-11/h2-6,8,12-13H,7H2,1H3. The number of aromatic nitrogens is 1. The van der Waals surface area contributed by atoms with E-state index >= 15 is 0 Å². The monoisotopic (exact) mass is 175 g/mol. The highest BCUT2D eigenvalue weighted by Gasteiger charge is 2.06. The van der Waals surface area contributed by atoms with Crippen LogP contribution in [0.15, 0.2) is 30.3 Å². The first-order chi connectivity index (χ1) is 6.31. The molecule has 0 spiro atoms. The Labute approximate surface area is 77.2 Å². The van der Waals surface area contributed by atoms with Crippen molar-refractivity contribution in [3.05, 3.63) is 36.0 Å². The lowest BCUT2D eigenvalue weighted by atomic mass is 10.1. The molecule has 0 radical (unpaired) electrons. The van der Waals surface area contributed by atoms with Gasteiger partial charge in [0.2, 0.25) is 0 Å². The average Bonchev–Trinajstić information content (AvgIpc) is 2.59. The van der Waals surface area contributed by atoms with E-state index in [1.165, 1.54) is 5.39 Å². The second-order valence-corrected chi connectivity index (χ2v) is 3.40. The maximum Gasteiger partial charge on any atom is 0.0511 e. The van der Waals surface area contributed by atoms with Gasteiger partial charge in [-0.25, -0.2) is 0 Å². The van der Waals surface area contributed by atoms with Gasteiger partial charge < -0.3 is 10.1 Å². The van der Waals surface area contributed by atoms with E-state index in [2.05, 4.69) is 17.1 Å². The third kappa shape index (κ3) is 1.45. The molecule has 1 aromatic carbocycles. The summed E-state index contributed by atoms with van der Waals surface area (Å²) >= 11 is 0. The van der Waals surface area contributed by atoms with E-state index < -0.39 is 0 Å². The molecule has 0 aliphatic rings. The molecule has 0 saturated heterocycles. The van der Waals surface area contributed by atoms with Gasteiger partial charge in [-0.05, 0) is 17.5 Å². The molecule has 2 nitrogen and oxygen atoms in total. The van der Waals surface area contributed by atoms with Crippen LogP contribution in [0.4, 0.5) is 0 Å². The van der Waals surface area contributed by atoms with Gasteiger partial charge in [-0.15, -0.1) is 0 Å². The van der Waals surface area contributed by atoms with Crippen LogP contribution in [0.1, 0.15) is 18.5 Å². The predicted octanol–water partition coefficient (Wildman–Crippen LogP) is 2.26. The number of aliphatic hydroxyl groups excluding tert-OH is 1. The van der Waals surface area contributed by atoms with Gasteiger partial charge in [-0.1, -0.05) is 25.1 Å². The largest absolute Gasteiger partial charge is 0.396 e. The van der Waals surface area contributed by atoms with E-state index in [1.54, 1.807) is 0 Å². The minimum absolute atomic E-state index is 0.187. The summed E-state index contributed by atoms with van der Waals surface area (Å²) in [5.74, 6) is 0.187. The fraction of sp³-hybridized carbons (Fsp3) is 0.273. The van der Waals surface area contributed by atoms with Gasteiger partial charge in [-0.3, -0.25) is 0 Å². The van der Waals surface area contributed by atoms with Gasteiger partial charge in [0.15, 0.2) is 0 Å². The molecule has 2 N–H and O–H groups in total. The van der Waals surface area contributed by atoms with Crippen molar-refractivity contribution in [3.8, 4) is 0 Å². The normalized spacial score (nSPS) is 13.4. The molecular weight excluding hydrogens is 162 g/mol. The molecule has 0 bridgehead atoms. The van der Waals surface area contributed by atoms with Gasteiger partial charge in [0.05, 0.1) is 6.61 Å². The molecule has 0 fully saturated rings. The molecule has 1 aromatic heterocycles. The average molecular weight is 175 g/mol. The first-order valence-electron chi connectivity index (χ1n) is 4.50. The molecule has 13 heavy (non-hydrogen) atoms. The molecule has 0 amide bonds. The zero-order valence-corrected chi connectivity index (χ0v) is 7.62. The molecule has 1 unspecified atom stereocenters. The molecule has 1 atom stereocenters. The SMILES string of the molecule is CC(CO)c1cc2ccccc2[nH]1. The second kappa shape index (κ2) is 3.23. The summed E-state index contributed by atoms with van der Waals surface area (Å²) in [7, 11) is 0. The Hall–Kier alpha value is -1.28. The third-order valence-electron chi connectivity index (χ3n) is 2.36. The lowest BCUT2D eigenvalue weighted by Gasteiger charge is -2.02. The molecule has 0 aliphatic heterocycles. The van der Waals surface area contributed by atoms with Crippen molar-refractivity contribution in [1.82, 2.24) is 4.98 Å². The Morgan fingerprint density at radius 1 is 1.38 bits per heavy atom. The number of H-pyrrole nitrogens is 1. The van der Waals surface area contributed by atoms with Crippen LogP contribution in [0.5, 0.6) is 0 Å². The van der Waals surface area contributed by atoms with E-state index in [9.17, 15) is 0 Å². The number of benzene rings is 1. The highest BCUT2D eigenvalue weighted by molar-refractivity contribution is 5.80. The second-order valence-electron chi connectivity index (χ2n) is 3.40. The molecule has 0 aliphatic carbocycles. The molecule has 0 saturated carbocycles. The van der Waals surface area contributed by atoms with E-state index in [1.807, 2.05) is 25.1 Å². The van der Waals surface area contributed by atoms with Crippen LogP contribution in [-0.2, 0) is 0 Å². The summed E-state index contributed by atoms with van der Waals surface area (Å²) in [5.41, 5.74) is 2.24. The van der Waals surface area contributed by atoms with Gasteiger partial charge in [0, 0.05) is 17.1 Å². The number of para-hydroxylation sites is 1. The molecule has 2 heteroatoms. The van der Waals surface area contributed by atoms with Crippen LogP contribution < -0.4 is 0 Å². The van der Waals surface area contributed by atoms with Crippen molar-refractivity contribution < 1.29 is 5.11 Å². The predicted molar refractivity (Wildman–Crippen MR) is 53.8 cm³/mol. The number of hydrogen-bond donors (Lipinski definition) is 2. The Balaban J connectivity index is 2.49. The summed E-state index contributed by atoms with van der Waals surface area (Å²) < 4.78 is 0. The quantitative estimate of drug-likeness (QED) is 0.721. The smallest absolute Gasteiger partial charge is 0.0511 e. The van der Waals surface area contributed by atoms with Crippen LogP contribution in [0.25, 0.3) is 10.9 Å². The van der Waals surface area contributed by atoms with E-state index in [0.717, 1.165) is 11.2 Å². The number of rotatable bonds is 2. The Morgan fingerprint density at radius 2 is 2.15 bits per heavy atom. The van der Waals surface area contributed by atoms with Crippen LogP contribution in [0.3, 0.4) is 0 Å². The van der Waals surface area contributed by atoms with Crippen molar-refractivity contribution in [2.75, 3.05) is 6.61 Å². The van der Waals surface area contributed by atoms with E-state index in [0.29, 0.717) is 0 Å². The van der Waals surface area contributed by atoms with Crippen LogP contribution in [-0.4, -0.2) is 16.7 Å². The van der Waals surface area contributed by atoms with Crippen molar-refractivity contribution in [2.24, 2.45) is 0 Å². The van der Waals surface area contributed by atoms with Crippen LogP contribution >= 0.6 is 0 Å². The van der Waals surface area contributed by atoms with E-state index in [-0.39, 0.29) is 12.5 Å². The van der Waals surface area contributed by atoms with E-state index in [4.69, 9.17) is 5.11 Å². The summed E-state index contributed by atoms with van der Waals surface area (Å²) in [6.07, 6.45) is 0. The van der Waals surface area contributed by atoms with Crippen LogP contribution in [0, 0.1) is 0 Å². The van der Waals surface area contributed by atoms with Crippen LogP contribution in [0.2, 0.25) is 0 Å². The summed E-state index contributed by atoms with van der Waals surface area (Å²) in [4.78, 5) is 3.29. The highest BCUT2D eigenvalue weighted by Crippen LogP contribution is 2.20. The van der Waals surface area contributed by atoms with Gasteiger partial charge in [0.1, 0.15) is 0 Å². The van der Waals surface area contributed by atoms with Gasteiger partial charge >= 0.3 is 0 Å². The topological polar surface area (TPSA) is 36.0 Å². The Kier molecular flexibility index (Phi) is 2.07. The summed E-state index contributed by atoms with van der Waals surface area (Å²) in [5, 5.41) is 10.2. The van der Waals surface area contributed by atoms with Gasteiger partial charge in [0.25, 0.3) is 0 Å². The zero-order valence-electron chi connectivity index (χ0n) is 7.62. The number of hydrogen-bond acceptors (Lipinski definition) is 1. The first-order valence-corrected chi connectivity index (χ1v) is 4.50. The third-order valence-corrected chi connectivity index (χ3v) is 2.36. The Morgan fingerprint density at radius 3 is 2.85 bits per heavy atom. The highest BCUT2D eigenvalue weighted by atomic mass is 16.3. The Bertz CT molecular complexity index is 372. The number of aliphatic hydroxyl groups is 1. The summed E-state index contributed by atoms with van der Waals surface area (Å²) in [6.45, 7) is 2.19. The van der Waals surface area contributed by atoms with Crippen molar-refractivity contribution in [1.29, 1.82) is 0 Å². The van der Waals surface area contributed by atoms with Crippen molar-refractivity contribution >= 4 is 10.9 Å². The maximum absolute atomic E-state index is 8.99. The maximum atomic E-state index is 8.99. The minimum atomic E-state index is 0.187.